The van der Waals surface area contributed by atoms with E-state index in [-0.39, 0.29) is 11.8 Å². The lowest BCUT2D eigenvalue weighted by molar-refractivity contribution is 0.0632. The second-order valence-electron chi connectivity index (χ2n) is 7.16. The van der Waals surface area contributed by atoms with Crippen LogP contribution in [0.1, 0.15) is 28.8 Å². The van der Waals surface area contributed by atoms with Crippen molar-refractivity contribution in [2.24, 2.45) is 5.92 Å². The first-order valence-electron chi connectivity index (χ1n) is 9.61. The van der Waals surface area contributed by atoms with Crippen molar-refractivity contribution in [1.82, 2.24) is 14.5 Å². The third kappa shape index (κ3) is 4.02. The largest absolute Gasteiger partial charge is 0.493 e. The van der Waals surface area contributed by atoms with Crippen LogP contribution in [0.4, 0.5) is 0 Å². The Morgan fingerprint density at radius 1 is 1.28 bits per heavy atom. The number of benzene rings is 1. The predicted octanol–water partition coefficient (Wildman–Crippen LogP) is 3.15. The Morgan fingerprint density at radius 2 is 2.17 bits per heavy atom. The van der Waals surface area contributed by atoms with E-state index in [1.165, 1.54) is 0 Å². The van der Waals surface area contributed by atoms with Gasteiger partial charge in [0.2, 0.25) is 0 Å². The zero-order chi connectivity index (χ0) is 20.2. The topological polar surface area (TPSA) is 79.9 Å². The monoisotopic (exact) mass is 390 g/mol. The molecule has 1 atom stereocenters. The van der Waals surface area contributed by atoms with Crippen LogP contribution in [-0.4, -0.2) is 47.2 Å². The molecule has 1 fully saturated rings. The first-order chi connectivity index (χ1) is 14.2. The molecule has 1 unspecified atom stereocenters. The molecule has 0 radical (unpaired) electrons. The van der Waals surface area contributed by atoms with Crippen molar-refractivity contribution in [2.75, 3.05) is 26.8 Å². The van der Waals surface area contributed by atoms with Crippen LogP contribution in [0.3, 0.4) is 0 Å². The number of methoxy groups -OCH3 is 1. The maximum atomic E-state index is 13.0. The van der Waals surface area contributed by atoms with Gasteiger partial charge in [-0.1, -0.05) is 0 Å². The van der Waals surface area contributed by atoms with E-state index in [0.29, 0.717) is 35.8 Å². The van der Waals surface area contributed by atoms with Gasteiger partial charge in [-0.05, 0) is 43.2 Å². The van der Waals surface area contributed by atoms with Crippen molar-refractivity contribution in [3.63, 3.8) is 0 Å². The average molecular weight is 390 g/mol. The fourth-order valence-electron chi connectivity index (χ4n) is 3.69. The number of rotatable bonds is 5. The number of fused-ring (bicyclic) bond motifs is 1. The summed E-state index contributed by atoms with van der Waals surface area (Å²) in [6, 6.07) is 12.8. The van der Waals surface area contributed by atoms with Gasteiger partial charge in [-0.25, -0.2) is 4.52 Å². The molecule has 1 aliphatic rings. The Balaban J connectivity index is 1.40. The van der Waals surface area contributed by atoms with Crippen LogP contribution in [0, 0.1) is 17.2 Å². The minimum absolute atomic E-state index is 0.0364. The lowest BCUT2D eigenvalue weighted by atomic mass is 9.98. The molecule has 0 aliphatic carbocycles. The van der Waals surface area contributed by atoms with Crippen LogP contribution in [0.5, 0.6) is 11.5 Å². The summed E-state index contributed by atoms with van der Waals surface area (Å²) in [4.78, 5) is 14.9. The van der Waals surface area contributed by atoms with Gasteiger partial charge in [0.1, 0.15) is 0 Å². The molecule has 148 valence electrons. The molecule has 0 bridgehead atoms. The van der Waals surface area contributed by atoms with Crippen molar-refractivity contribution >= 4 is 11.4 Å². The summed E-state index contributed by atoms with van der Waals surface area (Å²) in [6.45, 7) is 1.90. The Labute approximate surface area is 169 Å². The minimum Gasteiger partial charge on any atom is -0.493 e. The molecule has 7 heteroatoms. The Bertz CT molecular complexity index is 1070. The molecule has 1 aliphatic heterocycles. The first kappa shape index (κ1) is 18.8. The van der Waals surface area contributed by atoms with Gasteiger partial charge >= 0.3 is 0 Å². The molecule has 0 saturated carbocycles. The molecular weight excluding hydrogens is 368 g/mol. The van der Waals surface area contributed by atoms with Crippen molar-refractivity contribution in [3.8, 4) is 17.6 Å². The van der Waals surface area contributed by atoms with E-state index in [9.17, 15) is 4.79 Å². The number of likely N-dealkylation sites (tertiary alicyclic amines) is 1. The van der Waals surface area contributed by atoms with Crippen molar-refractivity contribution in [3.05, 3.63) is 59.9 Å². The quantitative estimate of drug-likeness (QED) is 0.669. The van der Waals surface area contributed by atoms with E-state index in [4.69, 9.17) is 14.7 Å². The van der Waals surface area contributed by atoms with Gasteiger partial charge in [-0.2, -0.15) is 10.4 Å². The third-order valence-corrected chi connectivity index (χ3v) is 5.22. The number of nitrogens with zero attached hydrogens (tertiary/aromatic N) is 4. The molecule has 1 amide bonds. The zero-order valence-corrected chi connectivity index (χ0v) is 16.2. The molecule has 3 heterocycles. The molecule has 0 spiro atoms. The van der Waals surface area contributed by atoms with Gasteiger partial charge in [0.15, 0.2) is 11.5 Å². The number of carbonyl (C=O) groups excluding carboxylic acids is 1. The van der Waals surface area contributed by atoms with Crippen LogP contribution < -0.4 is 9.47 Å². The molecule has 1 saturated heterocycles. The van der Waals surface area contributed by atoms with Gasteiger partial charge in [-0.3, -0.25) is 4.79 Å². The summed E-state index contributed by atoms with van der Waals surface area (Å²) in [6.07, 6.45) is 5.47. The van der Waals surface area contributed by atoms with Crippen LogP contribution in [-0.2, 0) is 0 Å². The van der Waals surface area contributed by atoms with E-state index in [1.807, 2.05) is 29.3 Å². The number of amides is 1. The molecule has 2 aromatic heterocycles. The van der Waals surface area contributed by atoms with E-state index in [1.54, 1.807) is 36.0 Å². The standard InChI is InChI=1S/C22H22N4O3/c1-28-21-11-16(13-23)4-5-20(21)29-15-17-3-2-9-25(14-17)22(27)18-7-10-26-19(12-18)6-8-24-26/h4-8,10-12,17H,2-3,9,14-15H2,1H3. The van der Waals surface area contributed by atoms with E-state index >= 15 is 0 Å². The molecular formula is C22H22N4O3. The highest BCUT2D eigenvalue weighted by molar-refractivity contribution is 5.95. The number of hydrogen-bond acceptors (Lipinski definition) is 5. The van der Waals surface area contributed by atoms with Crippen LogP contribution in [0.25, 0.3) is 5.52 Å². The Morgan fingerprint density at radius 3 is 3.00 bits per heavy atom. The minimum atomic E-state index is 0.0364. The van der Waals surface area contributed by atoms with Crippen LogP contribution in [0.15, 0.2) is 48.8 Å². The fourth-order valence-corrected chi connectivity index (χ4v) is 3.69. The summed E-state index contributed by atoms with van der Waals surface area (Å²) in [5.74, 6) is 1.43. The number of piperidine rings is 1. The first-order valence-corrected chi connectivity index (χ1v) is 9.61. The van der Waals surface area contributed by atoms with Crippen molar-refractivity contribution < 1.29 is 14.3 Å². The summed E-state index contributed by atoms with van der Waals surface area (Å²) in [5.41, 5.74) is 2.10. The molecule has 3 aromatic rings. The Kier molecular flexibility index (Phi) is 5.34. The smallest absolute Gasteiger partial charge is 0.253 e. The van der Waals surface area contributed by atoms with Crippen molar-refractivity contribution in [1.29, 1.82) is 5.26 Å². The van der Waals surface area contributed by atoms with Gasteiger partial charge in [0, 0.05) is 43.0 Å². The van der Waals surface area contributed by atoms with Gasteiger partial charge in [0.05, 0.1) is 30.9 Å². The normalized spacial score (nSPS) is 16.4. The lowest BCUT2D eigenvalue weighted by Crippen LogP contribution is -2.41. The molecule has 0 N–H and O–H groups in total. The second-order valence-corrected chi connectivity index (χ2v) is 7.16. The molecule has 7 nitrogen and oxygen atoms in total. The summed E-state index contributed by atoms with van der Waals surface area (Å²) >= 11 is 0. The fraction of sp³-hybridized carbons (Fsp3) is 0.318. The number of pyridine rings is 1. The molecule has 4 rings (SSSR count). The van der Waals surface area contributed by atoms with E-state index < -0.39 is 0 Å². The third-order valence-electron chi connectivity index (χ3n) is 5.22. The summed E-state index contributed by atoms with van der Waals surface area (Å²) in [5, 5.41) is 13.2. The number of aromatic nitrogens is 2. The number of ether oxygens (including phenoxy) is 2. The summed E-state index contributed by atoms with van der Waals surface area (Å²) < 4.78 is 13.0. The average Bonchev–Trinajstić information content (AvgIpc) is 3.25. The maximum Gasteiger partial charge on any atom is 0.253 e. The highest BCUT2D eigenvalue weighted by Gasteiger charge is 2.25. The van der Waals surface area contributed by atoms with Crippen LogP contribution >= 0.6 is 0 Å². The SMILES string of the molecule is COc1cc(C#N)ccc1OCC1CCCN(C(=O)c2ccn3nccc3c2)C1. The number of nitriles is 1. The predicted molar refractivity (Wildman–Crippen MR) is 107 cm³/mol. The highest BCUT2D eigenvalue weighted by Crippen LogP contribution is 2.29. The zero-order valence-electron chi connectivity index (χ0n) is 16.2. The lowest BCUT2D eigenvalue weighted by Gasteiger charge is -2.32. The molecule has 1 aromatic carbocycles. The highest BCUT2D eigenvalue weighted by atomic mass is 16.5. The Hall–Kier alpha value is -3.53. The van der Waals surface area contributed by atoms with E-state index in [2.05, 4.69) is 11.2 Å². The number of hydrogen-bond donors (Lipinski definition) is 0. The van der Waals surface area contributed by atoms with Crippen molar-refractivity contribution in [2.45, 2.75) is 12.8 Å². The summed E-state index contributed by atoms with van der Waals surface area (Å²) in [7, 11) is 1.56. The van der Waals surface area contributed by atoms with Gasteiger partial charge in [-0.15, -0.1) is 0 Å². The number of carbonyl (C=O) groups is 1. The maximum absolute atomic E-state index is 13.0. The van der Waals surface area contributed by atoms with Gasteiger partial charge < -0.3 is 14.4 Å². The second kappa shape index (κ2) is 8.23. The molecule has 29 heavy (non-hydrogen) atoms. The van der Waals surface area contributed by atoms with E-state index in [0.717, 1.165) is 24.9 Å². The van der Waals surface area contributed by atoms with Crippen LogP contribution in [0.2, 0.25) is 0 Å². The van der Waals surface area contributed by atoms with Gasteiger partial charge in [0.25, 0.3) is 5.91 Å².